The summed E-state index contributed by atoms with van der Waals surface area (Å²) >= 11 is 1.63. The number of nitrogens with zero attached hydrogens (tertiary/aromatic N) is 3. The molecule has 3 aliphatic rings. The fourth-order valence-corrected chi connectivity index (χ4v) is 6.32. The van der Waals surface area contributed by atoms with Gasteiger partial charge in [0.1, 0.15) is 12.5 Å². The first-order chi connectivity index (χ1) is 17.5. The van der Waals surface area contributed by atoms with Crippen molar-refractivity contribution < 1.29 is 27.5 Å². The van der Waals surface area contributed by atoms with Gasteiger partial charge in [0.25, 0.3) is 5.91 Å². The van der Waals surface area contributed by atoms with Gasteiger partial charge >= 0.3 is 6.18 Å². The molecule has 0 spiro atoms. The third-order valence-electron chi connectivity index (χ3n) is 7.02. The molecule has 5 rings (SSSR count). The van der Waals surface area contributed by atoms with Crippen LogP contribution in [0.2, 0.25) is 0 Å². The van der Waals surface area contributed by atoms with Gasteiger partial charge in [-0.1, -0.05) is 32.1 Å². The summed E-state index contributed by atoms with van der Waals surface area (Å²) in [7, 11) is 0. The molecule has 2 aromatic rings. The number of rotatable bonds is 3. The predicted octanol–water partition coefficient (Wildman–Crippen LogP) is 5.08. The SMILES string of the molecule is CC1C=CC2=C(C1)SCc1ccc(F)cc1[C@H]2N1CN(C[C@H](C)C(F)(F)F)C(=O)c2c(O)c(=O)ccn21. The fraction of sp³-hybridized carbons (Fsp3) is 0.385. The van der Waals surface area contributed by atoms with Crippen LogP contribution in [0.4, 0.5) is 17.6 Å². The Kier molecular flexibility index (Phi) is 6.37. The smallest absolute Gasteiger partial charge is 0.393 e. The zero-order valence-corrected chi connectivity index (χ0v) is 20.9. The van der Waals surface area contributed by atoms with E-state index < -0.39 is 53.3 Å². The maximum absolute atomic E-state index is 14.6. The molecule has 0 radical (unpaired) electrons. The van der Waals surface area contributed by atoms with E-state index in [-0.39, 0.29) is 12.6 Å². The van der Waals surface area contributed by atoms with Crippen molar-refractivity contribution in [1.29, 1.82) is 0 Å². The molecule has 37 heavy (non-hydrogen) atoms. The van der Waals surface area contributed by atoms with Gasteiger partial charge in [-0.2, -0.15) is 13.2 Å². The predicted molar refractivity (Wildman–Crippen MR) is 132 cm³/mol. The quantitative estimate of drug-likeness (QED) is 0.556. The van der Waals surface area contributed by atoms with Crippen molar-refractivity contribution in [1.82, 2.24) is 9.58 Å². The van der Waals surface area contributed by atoms with Crippen LogP contribution in [0.25, 0.3) is 0 Å². The Morgan fingerprint density at radius 2 is 1.97 bits per heavy atom. The first-order valence-corrected chi connectivity index (χ1v) is 12.8. The molecule has 1 aromatic heterocycles. The van der Waals surface area contributed by atoms with Crippen LogP contribution >= 0.6 is 11.8 Å². The van der Waals surface area contributed by atoms with Crippen LogP contribution in [-0.4, -0.2) is 40.0 Å². The monoisotopic (exact) mass is 535 g/mol. The van der Waals surface area contributed by atoms with Gasteiger partial charge in [-0.05, 0) is 46.1 Å². The summed E-state index contributed by atoms with van der Waals surface area (Å²) in [6, 6.07) is 4.88. The highest BCUT2D eigenvalue weighted by Gasteiger charge is 2.43. The molecular formula is C26H25F4N3O3S. The first-order valence-electron chi connectivity index (χ1n) is 11.9. The van der Waals surface area contributed by atoms with Crippen LogP contribution in [0, 0.1) is 17.7 Å². The largest absolute Gasteiger partial charge is 0.502 e. The van der Waals surface area contributed by atoms with Crippen molar-refractivity contribution >= 4 is 17.7 Å². The van der Waals surface area contributed by atoms with Crippen LogP contribution in [0.5, 0.6) is 5.75 Å². The van der Waals surface area contributed by atoms with Gasteiger partial charge in [0.05, 0.1) is 12.0 Å². The van der Waals surface area contributed by atoms with E-state index in [9.17, 15) is 32.3 Å². The number of benzene rings is 1. The summed E-state index contributed by atoms with van der Waals surface area (Å²) < 4.78 is 56.3. The van der Waals surface area contributed by atoms with E-state index >= 15 is 0 Å². The summed E-state index contributed by atoms with van der Waals surface area (Å²) in [5.74, 6) is -3.19. The van der Waals surface area contributed by atoms with E-state index in [1.165, 1.54) is 23.0 Å². The summed E-state index contributed by atoms with van der Waals surface area (Å²) in [5.41, 5.74) is 1.07. The molecule has 3 heterocycles. The molecule has 0 saturated carbocycles. The number of carbonyl (C=O) groups excluding carboxylic acids is 1. The number of amides is 1. The average Bonchev–Trinajstić information content (AvgIpc) is 2.98. The molecule has 1 N–H and O–H groups in total. The number of hydrogen-bond donors (Lipinski definition) is 1. The fourth-order valence-electron chi connectivity index (χ4n) is 5.00. The molecular weight excluding hydrogens is 510 g/mol. The van der Waals surface area contributed by atoms with Gasteiger partial charge in [0.15, 0.2) is 11.4 Å². The van der Waals surface area contributed by atoms with Crippen LogP contribution in [0.3, 0.4) is 0 Å². The van der Waals surface area contributed by atoms with Gasteiger partial charge in [-0.15, -0.1) is 11.8 Å². The number of carbonyl (C=O) groups is 1. The Bertz CT molecular complexity index is 1380. The van der Waals surface area contributed by atoms with E-state index in [0.29, 0.717) is 11.3 Å². The van der Waals surface area contributed by atoms with E-state index in [0.717, 1.165) is 40.4 Å². The molecule has 11 heteroatoms. The molecule has 0 bridgehead atoms. The second-order valence-corrected chi connectivity index (χ2v) is 10.8. The maximum Gasteiger partial charge on any atom is 0.393 e. The van der Waals surface area contributed by atoms with Gasteiger partial charge in [-0.3, -0.25) is 19.3 Å². The summed E-state index contributed by atoms with van der Waals surface area (Å²) in [6.45, 7) is 2.12. The third-order valence-corrected chi connectivity index (χ3v) is 8.23. The number of aromatic hydroxyl groups is 1. The van der Waals surface area contributed by atoms with Crippen molar-refractivity contribution in [3.63, 3.8) is 0 Å². The highest BCUT2D eigenvalue weighted by atomic mass is 32.2. The number of fused-ring (bicyclic) bond motifs is 2. The number of halogens is 4. The van der Waals surface area contributed by atoms with Crippen LogP contribution in [0.1, 0.15) is 47.9 Å². The van der Waals surface area contributed by atoms with Crippen molar-refractivity contribution in [3.05, 3.63) is 86.0 Å². The summed E-state index contributed by atoms with van der Waals surface area (Å²) in [4.78, 5) is 27.6. The minimum Gasteiger partial charge on any atom is -0.502 e. The number of aromatic nitrogens is 1. The zero-order valence-electron chi connectivity index (χ0n) is 20.1. The van der Waals surface area contributed by atoms with Gasteiger partial charge < -0.3 is 10.0 Å². The van der Waals surface area contributed by atoms with Gasteiger partial charge in [0.2, 0.25) is 5.43 Å². The second-order valence-electron chi connectivity index (χ2n) is 9.73. The normalized spacial score (nSPS) is 22.4. The molecule has 6 nitrogen and oxygen atoms in total. The Morgan fingerprint density at radius 3 is 2.70 bits per heavy atom. The average molecular weight is 536 g/mol. The molecule has 3 atom stereocenters. The van der Waals surface area contributed by atoms with Gasteiger partial charge in [-0.25, -0.2) is 4.39 Å². The highest BCUT2D eigenvalue weighted by Crippen LogP contribution is 2.46. The van der Waals surface area contributed by atoms with E-state index in [1.807, 2.05) is 12.2 Å². The Hall–Kier alpha value is -3.21. The Morgan fingerprint density at radius 1 is 1.22 bits per heavy atom. The Balaban J connectivity index is 1.71. The molecule has 1 aromatic carbocycles. The van der Waals surface area contributed by atoms with Crippen molar-refractivity contribution in [2.45, 2.75) is 38.2 Å². The van der Waals surface area contributed by atoms with E-state index in [4.69, 9.17) is 0 Å². The summed E-state index contributed by atoms with van der Waals surface area (Å²) in [5, 5.41) is 12.2. The molecule has 1 aliphatic carbocycles. The highest BCUT2D eigenvalue weighted by molar-refractivity contribution is 8.02. The molecule has 2 aliphatic heterocycles. The van der Waals surface area contributed by atoms with Crippen molar-refractivity contribution in [2.24, 2.45) is 11.8 Å². The number of hydrogen-bond acceptors (Lipinski definition) is 5. The van der Waals surface area contributed by atoms with Crippen LogP contribution < -0.4 is 10.4 Å². The van der Waals surface area contributed by atoms with E-state index in [1.54, 1.807) is 22.8 Å². The van der Waals surface area contributed by atoms with Crippen LogP contribution in [-0.2, 0) is 5.75 Å². The third kappa shape index (κ3) is 4.54. The lowest BCUT2D eigenvalue weighted by atomic mass is 9.88. The first kappa shape index (κ1) is 25.4. The number of pyridine rings is 1. The topological polar surface area (TPSA) is 65.8 Å². The minimum atomic E-state index is -4.55. The lowest BCUT2D eigenvalue weighted by Crippen LogP contribution is -2.57. The summed E-state index contributed by atoms with van der Waals surface area (Å²) in [6.07, 6.45) is 1.49. The maximum atomic E-state index is 14.6. The second kappa shape index (κ2) is 9.27. The van der Waals surface area contributed by atoms with Crippen LogP contribution in [0.15, 0.2) is 57.9 Å². The minimum absolute atomic E-state index is 0.264. The van der Waals surface area contributed by atoms with Crippen molar-refractivity contribution in [2.75, 3.05) is 18.2 Å². The van der Waals surface area contributed by atoms with Crippen molar-refractivity contribution in [3.8, 4) is 5.75 Å². The lowest BCUT2D eigenvalue weighted by molar-refractivity contribution is -0.172. The Labute approximate surface area is 214 Å². The molecule has 1 amide bonds. The number of alkyl halides is 3. The van der Waals surface area contributed by atoms with Gasteiger partial charge in [0, 0.05) is 24.6 Å². The lowest BCUT2D eigenvalue weighted by Gasteiger charge is -2.45. The molecule has 1 unspecified atom stereocenters. The zero-order chi connectivity index (χ0) is 26.6. The molecule has 0 fully saturated rings. The number of thioether (sulfide) groups is 1. The molecule has 0 saturated heterocycles. The number of allylic oxidation sites excluding steroid dienone is 2. The van der Waals surface area contributed by atoms with E-state index in [2.05, 4.69) is 6.92 Å². The standard InChI is InChI=1S/C26H25F4N3O3S/c1-14-3-6-18-21(9-14)37-12-16-4-5-17(27)10-19(16)22(18)33-13-31(11-15(2)26(28,29)30)25(36)23-24(35)20(34)7-8-32(23)33/h3-8,10,14-15,22,35H,9,11-13H2,1-2H3/t14?,15-,22-/m0/s1. The molecule has 196 valence electrons.